The van der Waals surface area contributed by atoms with Crippen molar-refractivity contribution in [2.45, 2.75) is 56.8 Å². The second-order valence-corrected chi connectivity index (χ2v) is 11.7. The van der Waals surface area contributed by atoms with E-state index in [0.717, 1.165) is 17.0 Å². The minimum Gasteiger partial charge on any atom is -0.481 e. The van der Waals surface area contributed by atoms with E-state index in [9.17, 15) is 37.5 Å². The molecule has 232 valence electrons. The van der Waals surface area contributed by atoms with Crippen LogP contribution in [0.4, 0.5) is 4.79 Å². The molecule has 0 aliphatic heterocycles. The molecule has 0 unspecified atom stereocenters. The van der Waals surface area contributed by atoms with E-state index < -0.39 is 76.6 Å². The molecule has 13 nitrogen and oxygen atoms in total. The lowest BCUT2D eigenvalue weighted by Crippen LogP contribution is -2.55. The van der Waals surface area contributed by atoms with Gasteiger partial charge in [0, 0.05) is 5.41 Å². The van der Waals surface area contributed by atoms with Gasteiger partial charge in [-0.25, -0.2) is 13.2 Å². The first-order chi connectivity index (χ1) is 20.3. The van der Waals surface area contributed by atoms with Gasteiger partial charge in [-0.05, 0) is 36.6 Å². The van der Waals surface area contributed by atoms with Crippen molar-refractivity contribution in [2.75, 3.05) is 6.54 Å². The van der Waals surface area contributed by atoms with Gasteiger partial charge in [-0.15, -0.1) is 0 Å². The maximum absolute atomic E-state index is 12.8. The number of sulfone groups is 1. The van der Waals surface area contributed by atoms with Gasteiger partial charge in [0.05, 0.1) is 23.9 Å². The molecule has 0 saturated heterocycles. The van der Waals surface area contributed by atoms with Crippen molar-refractivity contribution in [2.24, 2.45) is 5.92 Å². The number of carboxylic acids is 1. The number of rotatable bonds is 15. The van der Waals surface area contributed by atoms with Gasteiger partial charge in [0.25, 0.3) is 0 Å². The van der Waals surface area contributed by atoms with Crippen LogP contribution in [0.5, 0.6) is 0 Å². The molecule has 0 bridgehead atoms. The number of carbonyl (C=O) groups excluding carboxylic acids is 4. The molecule has 0 spiro atoms. The van der Waals surface area contributed by atoms with E-state index in [1.807, 2.05) is 6.07 Å². The van der Waals surface area contributed by atoms with Gasteiger partial charge in [0.2, 0.25) is 17.7 Å². The molecule has 0 saturated carbocycles. The molecule has 5 N–H and O–H groups in total. The third-order valence-electron chi connectivity index (χ3n) is 5.91. The minimum absolute atomic E-state index is 0.00529. The number of amides is 4. The Kier molecular flexibility index (Phi) is 13.4. The molecule has 2 aromatic rings. The SMILES string of the molecule is CC(C)[C@H](NC(=O)[C@H](C)NC(=O)OCc1ccccc1)C(=O)NCC(=O)N[C@H](/C=C/S(=O)(=O)c1ccccc1)CC(=O)O. The number of nitrogens with one attached hydrogen (secondary N) is 4. The van der Waals surface area contributed by atoms with E-state index in [4.69, 9.17) is 4.74 Å². The van der Waals surface area contributed by atoms with Gasteiger partial charge in [-0.1, -0.05) is 62.4 Å². The van der Waals surface area contributed by atoms with Crippen molar-refractivity contribution in [1.29, 1.82) is 0 Å². The predicted octanol–water partition coefficient (Wildman–Crippen LogP) is 1.51. The fourth-order valence-electron chi connectivity index (χ4n) is 3.60. The van der Waals surface area contributed by atoms with Gasteiger partial charge in [-0.2, -0.15) is 0 Å². The molecular weight excluding hydrogens is 580 g/mol. The van der Waals surface area contributed by atoms with Crippen LogP contribution in [-0.2, 0) is 40.4 Å². The average Bonchev–Trinajstić information content (AvgIpc) is 2.96. The molecule has 0 aliphatic carbocycles. The highest BCUT2D eigenvalue weighted by Crippen LogP contribution is 2.12. The summed E-state index contributed by atoms with van der Waals surface area (Å²) < 4.78 is 30.1. The molecular formula is C29H36N4O9S. The van der Waals surface area contributed by atoms with E-state index in [2.05, 4.69) is 21.3 Å². The predicted molar refractivity (Wildman–Crippen MR) is 156 cm³/mol. The molecule has 0 radical (unpaired) electrons. The quantitative estimate of drug-likeness (QED) is 0.197. The normalized spacial score (nSPS) is 13.4. The summed E-state index contributed by atoms with van der Waals surface area (Å²) in [5.74, 6) is -3.84. The number of ether oxygens (including phenoxy) is 1. The first kappa shape index (κ1) is 34.5. The molecule has 2 aromatic carbocycles. The number of benzene rings is 2. The first-order valence-electron chi connectivity index (χ1n) is 13.3. The summed E-state index contributed by atoms with van der Waals surface area (Å²) in [5, 5.41) is 19.7. The molecule has 4 amide bonds. The lowest BCUT2D eigenvalue weighted by molar-refractivity contribution is -0.137. The van der Waals surface area contributed by atoms with Crippen molar-refractivity contribution in [3.05, 3.63) is 77.7 Å². The van der Waals surface area contributed by atoms with E-state index >= 15 is 0 Å². The van der Waals surface area contributed by atoms with Crippen molar-refractivity contribution in [1.82, 2.24) is 21.3 Å². The van der Waals surface area contributed by atoms with Gasteiger partial charge in [0.15, 0.2) is 9.84 Å². The van der Waals surface area contributed by atoms with Crippen molar-refractivity contribution in [3.8, 4) is 0 Å². The van der Waals surface area contributed by atoms with Crippen LogP contribution in [0.2, 0.25) is 0 Å². The fourth-order valence-corrected chi connectivity index (χ4v) is 4.69. The molecule has 2 rings (SSSR count). The maximum atomic E-state index is 12.8. The standard InChI is InChI=1S/C29H36N4O9S/c1-19(2)26(33-27(37)20(3)31-29(39)42-18-21-10-6-4-7-11-21)28(38)30-17-24(34)32-22(16-25(35)36)14-15-43(40,41)23-12-8-5-9-13-23/h4-15,19-20,22,26H,16-18H2,1-3H3,(H,30,38)(H,31,39)(H,32,34)(H,33,37)(H,35,36)/b15-14+/t20-,22+,26-/m0/s1. The van der Waals surface area contributed by atoms with Gasteiger partial charge < -0.3 is 31.1 Å². The summed E-state index contributed by atoms with van der Waals surface area (Å²) in [6.45, 7) is 4.17. The Morgan fingerprint density at radius 1 is 0.860 bits per heavy atom. The molecule has 0 aromatic heterocycles. The zero-order valence-electron chi connectivity index (χ0n) is 24.0. The fraction of sp³-hybridized carbons (Fsp3) is 0.345. The van der Waals surface area contributed by atoms with Gasteiger partial charge in [0.1, 0.15) is 18.7 Å². The van der Waals surface area contributed by atoms with Crippen LogP contribution in [0.25, 0.3) is 0 Å². The summed E-state index contributed by atoms with van der Waals surface area (Å²) in [6, 6.07) is 13.1. The number of alkyl carbamates (subject to hydrolysis) is 1. The number of hydrogen-bond acceptors (Lipinski definition) is 8. The smallest absolute Gasteiger partial charge is 0.408 e. The van der Waals surface area contributed by atoms with Crippen LogP contribution in [0, 0.1) is 5.92 Å². The zero-order chi connectivity index (χ0) is 32.0. The molecule has 3 atom stereocenters. The minimum atomic E-state index is -3.88. The van der Waals surface area contributed by atoms with E-state index in [1.54, 1.807) is 44.2 Å². The molecule has 43 heavy (non-hydrogen) atoms. The van der Waals surface area contributed by atoms with E-state index in [-0.39, 0.29) is 11.5 Å². The molecule has 0 fully saturated rings. The third kappa shape index (κ3) is 12.4. The van der Waals surface area contributed by atoms with Crippen LogP contribution < -0.4 is 21.3 Å². The maximum Gasteiger partial charge on any atom is 0.408 e. The average molecular weight is 617 g/mol. The van der Waals surface area contributed by atoms with Crippen LogP contribution >= 0.6 is 0 Å². The summed E-state index contributed by atoms with van der Waals surface area (Å²) in [7, 11) is -3.88. The summed E-state index contributed by atoms with van der Waals surface area (Å²) in [6.07, 6.45) is -0.383. The van der Waals surface area contributed by atoms with Crippen LogP contribution in [0.1, 0.15) is 32.8 Å². The highest BCUT2D eigenvalue weighted by molar-refractivity contribution is 7.94. The second-order valence-electron chi connectivity index (χ2n) is 9.83. The Bertz CT molecular complexity index is 1400. The first-order valence-corrected chi connectivity index (χ1v) is 14.9. The summed E-state index contributed by atoms with van der Waals surface area (Å²) >= 11 is 0. The Hall–Kier alpha value is -4.72. The molecule has 0 aliphatic rings. The summed E-state index contributed by atoms with van der Waals surface area (Å²) in [4.78, 5) is 61.3. The van der Waals surface area contributed by atoms with Crippen molar-refractivity contribution in [3.63, 3.8) is 0 Å². The Balaban J connectivity index is 1.91. The highest BCUT2D eigenvalue weighted by Gasteiger charge is 2.27. The van der Waals surface area contributed by atoms with Crippen molar-refractivity contribution >= 4 is 39.6 Å². The topological polar surface area (TPSA) is 197 Å². The molecule has 14 heteroatoms. The highest BCUT2D eigenvalue weighted by atomic mass is 32.2. The number of carbonyl (C=O) groups is 5. The third-order valence-corrected chi connectivity index (χ3v) is 7.36. The Morgan fingerprint density at radius 3 is 2.05 bits per heavy atom. The summed E-state index contributed by atoms with van der Waals surface area (Å²) in [5.41, 5.74) is 0.762. The number of aliphatic carboxylic acids is 1. The largest absolute Gasteiger partial charge is 0.481 e. The Morgan fingerprint density at radius 2 is 1.47 bits per heavy atom. The van der Waals surface area contributed by atoms with E-state index in [0.29, 0.717) is 0 Å². The monoisotopic (exact) mass is 616 g/mol. The lowest BCUT2D eigenvalue weighted by Gasteiger charge is -2.24. The Labute approximate surface area is 250 Å². The molecule has 0 heterocycles. The number of carboxylic acid groups (broad SMARTS) is 1. The van der Waals surface area contributed by atoms with Gasteiger partial charge >= 0.3 is 12.1 Å². The lowest BCUT2D eigenvalue weighted by atomic mass is 10.0. The van der Waals surface area contributed by atoms with Crippen molar-refractivity contribution < 1.29 is 42.2 Å². The van der Waals surface area contributed by atoms with Crippen LogP contribution in [-0.4, -0.2) is 68.0 Å². The van der Waals surface area contributed by atoms with Crippen LogP contribution in [0.3, 0.4) is 0 Å². The van der Waals surface area contributed by atoms with Crippen LogP contribution in [0.15, 0.2) is 77.0 Å². The second kappa shape index (κ2) is 16.7. The number of hydrogen-bond donors (Lipinski definition) is 5. The van der Waals surface area contributed by atoms with E-state index in [1.165, 1.54) is 31.2 Å². The zero-order valence-corrected chi connectivity index (χ0v) is 24.8. The van der Waals surface area contributed by atoms with Gasteiger partial charge in [-0.3, -0.25) is 19.2 Å².